The summed E-state index contributed by atoms with van der Waals surface area (Å²) in [7, 11) is 0. The lowest BCUT2D eigenvalue weighted by Gasteiger charge is -2.47. The third-order valence-electron chi connectivity index (χ3n) is 16.2. The summed E-state index contributed by atoms with van der Waals surface area (Å²) in [6, 6.07) is 34.6. The van der Waals surface area contributed by atoms with Gasteiger partial charge in [0.15, 0.2) is 0 Å². The molecule has 6 aromatic rings. The van der Waals surface area contributed by atoms with Gasteiger partial charge in [-0.2, -0.15) is 0 Å². The molecular weight excluding hydrogens is 699 g/mol. The van der Waals surface area contributed by atoms with Crippen molar-refractivity contribution < 1.29 is 0 Å². The summed E-state index contributed by atoms with van der Waals surface area (Å²) < 4.78 is 2.73. The maximum absolute atomic E-state index is 2.73. The summed E-state index contributed by atoms with van der Waals surface area (Å²) in [6.07, 6.45) is 4.81. The summed E-state index contributed by atoms with van der Waals surface area (Å²) in [5.41, 5.74) is 24.5. The largest absolute Gasteiger partial charge is 0.311 e. The van der Waals surface area contributed by atoms with Gasteiger partial charge in [0.25, 0.3) is 6.71 Å². The molecule has 5 aromatic carbocycles. The lowest BCUT2D eigenvalue weighted by Crippen LogP contribution is -2.61. The van der Waals surface area contributed by atoms with Gasteiger partial charge in [-0.3, -0.25) is 0 Å². The highest BCUT2D eigenvalue weighted by molar-refractivity contribution is 7.00. The molecule has 0 atom stereocenters. The topological polar surface area (TPSA) is 8.17 Å². The molecule has 0 unspecified atom stereocenters. The first-order chi connectivity index (χ1) is 27.1. The predicted molar refractivity (Wildman–Crippen MR) is 249 cm³/mol. The van der Waals surface area contributed by atoms with E-state index in [1.165, 1.54) is 126 Å². The van der Waals surface area contributed by atoms with Gasteiger partial charge in [-0.1, -0.05) is 145 Å². The molecule has 0 bridgehead atoms. The monoisotopic (exact) mass is 760 g/mol. The second kappa shape index (κ2) is 11.0. The molecular formula is C55H61BN2. The van der Waals surface area contributed by atoms with Crippen molar-refractivity contribution in [1.29, 1.82) is 0 Å². The maximum atomic E-state index is 2.73. The van der Waals surface area contributed by atoms with Gasteiger partial charge in [0.2, 0.25) is 0 Å². The van der Waals surface area contributed by atoms with Crippen LogP contribution in [0.1, 0.15) is 155 Å². The van der Waals surface area contributed by atoms with Crippen LogP contribution in [0.4, 0.5) is 17.1 Å². The van der Waals surface area contributed by atoms with Gasteiger partial charge in [-0.05, 0) is 138 Å². The Kier molecular flexibility index (Phi) is 6.94. The fraction of sp³-hybridized carbons (Fsp3) is 0.418. The molecule has 11 rings (SSSR count). The average molecular weight is 761 g/mol. The van der Waals surface area contributed by atoms with E-state index in [1.807, 2.05) is 0 Å². The van der Waals surface area contributed by atoms with Crippen molar-refractivity contribution in [1.82, 2.24) is 4.57 Å². The highest BCUT2D eigenvalue weighted by Gasteiger charge is 2.49. The molecule has 5 aliphatic rings. The van der Waals surface area contributed by atoms with E-state index in [9.17, 15) is 0 Å². The number of benzene rings is 5. The van der Waals surface area contributed by atoms with Crippen molar-refractivity contribution in [2.24, 2.45) is 0 Å². The van der Waals surface area contributed by atoms with Crippen molar-refractivity contribution >= 4 is 51.1 Å². The zero-order chi connectivity index (χ0) is 40.9. The van der Waals surface area contributed by atoms with E-state index in [0.29, 0.717) is 0 Å². The van der Waals surface area contributed by atoms with Gasteiger partial charge in [-0.25, -0.2) is 0 Å². The zero-order valence-electron chi connectivity index (χ0n) is 37.4. The predicted octanol–water partition coefficient (Wildman–Crippen LogP) is 12.5. The number of nitrogens with zero attached hydrogens (tertiary/aromatic N) is 2. The molecule has 3 heterocycles. The second-order valence-corrected chi connectivity index (χ2v) is 23.1. The van der Waals surface area contributed by atoms with Crippen LogP contribution in [0.15, 0.2) is 84.9 Å². The van der Waals surface area contributed by atoms with Gasteiger partial charge in [-0.15, -0.1) is 0 Å². The van der Waals surface area contributed by atoms with Crippen LogP contribution in [0.2, 0.25) is 0 Å². The lowest BCUT2D eigenvalue weighted by molar-refractivity contribution is 0.332. The summed E-state index contributed by atoms with van der Waals surface area (Å²) in [4.78, 5) is 2.72. The van der Waals surface area contributed by atoms with Crippen LogP contribution in [0.5, 0.6) is 0 Å². The second-order valence-electron chi connectivity index (χ2n) is 23.1. The van der Waals surface area contributed by atoms with Gasteiger partial charge < -0.3 is 9.47 Å². The molecule has 0 saturated heterocycles. The average Bonchev–Trinajstić information content (AvgIpc) is 3.64. The van der Waals surface area contributed by atoms with Crippen LogP contribution in [-0.4, -0.2) is 11.3 Å². The van der Waals surface area contributed by atoms with Crippen LogP contribution in [-0.2, 0) is 32.5 Å². The quantitative estimate of drug-likeness (QED) is 0.151. The zero-order valence-corrected chi connectivity index (χ0v) is 37.4. The molecule has 294 valence electrons. The Hall–Kier alpha value is -4.50. The fourth-order valence-electron chi connectivity index (χ4n) is 12.5. The van der Waals surface area contributed by atoms with Gasteiger partial charge in [0, 0.05) is 44.6 Å². The molecule has 0 N–H and O–H groups in total. The molecule has 0 spiro atoms. The Labute approximate surface area is 348 Å². The Balaban J connectivity index is 1.32. The Bertz CT molecular complexity index is 2810. The molecule has 0 radical (unpaired) electrons. The van der Waals surface area contributed by atoms with E-state index >= 15 is 0 Å². The highest BCUT2D eigenvalue weighted by atomic mass is 15.2. The van der Waals surface area contributed by atoms with E-state index in [2.05, 4.69) is 184 Å². The Morgan fingerprint density at radius 1 is 0.534 bits per heavy atom. The summed E-state index contributed by atoms with van der Waals surface area (Å²) in [6.45, 7) is 32.0. The van der Waals surface area contributed by atoms with Crippen molar-refractivity contribution in [3.05, 3.63) is 124 Å². The minimum atomic E-state index is -0.110. The van der Waals surface area contributed by atoms with Crippen molar-refractivity contribution in [3.8, 4) is 16.9 Å². The smallest absolute Gasteiger partial charge is 0.252 e. The van der Waals surface area contributed by atoms with E-state index in [0.717, 1.165) is 0 Å². The van der Waals surface area contributed by atoms with E-state index in [-0.39, 0.29) is 39.2 Å². The molecule has 0 saturated carbocycles. The third-order valence-corrected chi connectivity index (χ3v) is 16.2. The van der Waals surface area contributed by atoms with Crippen LogP contribution >= 0.6 is 0 Å². The van der Waals surface area contributed by atoms with Crippen LogP contribution in [0.25, 0.3) is 27.8 Å². The molecule has 3 aliphatic carbocycles. The first-order valence-electron chi connectivity index (χ1n) is 22.2. The van der Waals surface area contributed by atoms with Crippen molar-refractivity contribution in [3.63, 3.8) is 0 Å². The van der Waals surface area contributed by atoms with Crippen molar-refractivity contribution in [2.75, 3.05) is 4.90 Å². The molecule has 0 fully saturated rings. The normalized spacial score (nSPS) is 20.5. The summed E-state index contributed by atoms with van der Waals surface area (Å²) in [5, 5.41) is 1.41. The number of fused-ring (bicyclic) bond motifs is 11. The SMILES string of the molecule is CC(C)(C)c1cc2c3c(c1)-n1c4c(c5cccc(c51)B3c1cc3c(cc1N2c1ccc2c(c1)C(C)(C)CCC2(C)C)C(C)(C)CCC3(C)C)C(C)(C)c1ccccc1-4. The minimum Gasteiger partial charge on any atom is -0.311 e. The first kappa shape index (κ1) is 36.6. The van der Waals surface area contributed by atoms with Gasteiger partial charge in [0.05, 0.1) is 5.69 Å². The molecule has 58 heavy (non-hydrogen) atoms. The first-order valence-corrected chi connectivity index (χ1v) is 22.2. The fourth-order valence-corrected chi connectivity index (χ4v) is 12.5. The van der Waals surface area contributed by atoms with Crippen LogP contribution in [0, 0.1) is 0 Å². The van der Waals surface area contributed by atoms with Gasteiger partial charge >= 0.3 is 0 Å². The molecule has 2 aliphatic heterocycles. The van der Waals surface area contributed by atoms with E-state index in [4.69, 9.17) is 0 Å². The standard InChI is InChI=1S/C55H61BN2/c1-50(2,3)32-27-44-47-45(28-32)58-48-35(46-49(58)34-17-14-15-19-36(34)55(46,12)13)18-16-20-41(48)56(47)42-30-39-40(54(10,11)26-25-53(39,8)9)31-43(42)57(44)33-21-22-37-38(29-33)52(6,7)24-23-51(37,4)5/h14-22,27-31H,23-26H2,1-13H3. The van der Waals surface area contributed by atoms with Crippen molar-refractivity contribution in [2.45, 2.75) is 148 Å². The van der Waals surface area contributed by atoms with Gasteiger partial charge in [0.1, 0.15) is 0 Å². The maximum Gasteiger partial charge on any atom is 0.252 e. The summed E-state index contributed by atoms with van der Waals surface area (Å²) >= 11 is 0. The molecule has 1 aromatic heterocycles. The Morgan fingerprint density at radius 2 is 1.14 bits per heavy atom. The molecule has 2 nitrogen and oxygen atoms in total. The van der Waals surface area contributed by atoms with E-state index in [1.54, 1.807) is 0 Å². The van der Waals surface area contributed by atoms with Crippen LogP contribution < -0.4 is 21.3 Å². The van der Waals surface area contributed by atoms with Crippen LogP contribution in [0.3, 0.4) is 0 Å². The van der Waals surface area contributed by atoms with E-state index < -0.39 is 0 Å². The number of hydrogen-bond acceptors (Lipinski definition) is 1. The Morgan fingerprint density at radius 3 is 1.81 bits per heavy atom. The lowest BCUT2D eigenvalue weighted by atomic mass is 9.33. The minimum absolute atomic E-state index is 0.0553. The number of hydrogen-bond donors (Lipinski definition) is 0. The number of aromatic nitrogens is 1. The molecule has 0 amide bonds. The molecule has 3 heteroatoms. The number of rotatable bonds is 1. The highest BCUT2D eigenvalue weighted by Crippen LogP contribution is 2.56. The summed E-state index contributed by atoms with van der Waals surface area (Å²) in [5.74, 6) is 0. The number of para-hydroxylation sites is 1. The number of anilines is 3. The third kappa shape index (κ3) is 4.57.